The van der Waals surface area contributed by atoms with E-state index in [-0.39, 0.29) is 0 Å². The SMILES string of the molecule is COC(=O)C(C)NC(=O)NC1(C(=O)O)CCCC1. The van der Waals surface area contributed by atoms with E-state index < -0.39 is 29.6 Å². The van der Waals surface area contributed by atoms with Gasteiger partial charge in [0.15, 0.2) is 0 Å². The van der Waals surface area contributed by atoms with Crippen molar-refractivity contribution < 1.29 is 24.2 Å². The van der Waals surface area contributed by atoms with Crippen molar-refractivity contribution in [2.75, 3.05) is 7.11 Å². The molecule has 1 rings (SSSR count). The van der Waals surface area contributed by atoms with Crippen LogP contribution in [0.4, 0.5) is 4.79 Å². The quantitative estimate of drug-likeness (QED) is 0.627. The van der Waals surface area contributed by atoms with Crippen molar-refractivity contribution in [2.24, 2.45) is 0 Å². The molecule has 1 atom stereocenters. The maximum absolute atomic E-state index is 11.6. The normalized spacial score (nSPS) is 18.8. The number of aliphatic carboxylic acids is 1. The van der Waals surface area contributed by atoms with Gasteiger partial charge in [0.25, 0.3) is 0 Å². The van der Waals surface area contributed by atoms with Gasteiger partial charge in [-0.05, 0) is 19.8 Å². The number of rotatable bonds is 4. The van der Waals surface area contributed by atoms with Gasteiger partial charge in [0.05, 0.1) is 7.11 Å². The Morgan fingerprint density at radius 2 is 1.83 bits per heavy atom. The van der Waals surface area contributed by atoms with Crippen LogP contribution < -0.4 is 10.6 Å². The summed E-state index contributed by atoms with van der Waals surface area (Å²) in [5.74, 6) is -1.62. The molecule has 1 aliphatic carbocycles. The monoisotopic (exact) mass is 258 g/mol. The summed E-state index contributed by atoms with van der Waals surface area (Å²) in [6, 6.07) is -1.49. The largest absolute Gasteiger partial charge is 0.480 e. The van der Waals surface area contributed by atoms with Gasteiger partial charge in [0.2, 0.25) is 0 Å². The molecule has 7 heteroatoms. The highest BCUT2D eigenvalue weighted by Crippen LogP contribution is 2.29. The minimum Gasteiger partial charge on any atom is -0.480 e. The molecular weight excluding hydrogens is 240 g/mol. The molecule has 0 spiro atoms. The summed E-state index contributed by atoms with van der Waals surface area (Å²) in [4.78, 5) is 34.0. The smallest absolute Gasteiger partial charge is 0.329 e. The van der Waals surface area contributed by atoms with Crippen molar-refractivity contribution in [3.63, 3.8) is 0 Å². The van der Waals surface area contributed by atoms with E-state index in [9.17, 15) is 14.4 Å². The van der Waals surface area contributed by atoms with Gasteiger partial charge in [-0.15, -0.1) is 0 Å². The second kappa shape index (κ2) is 5.70. The molecule has 3 N–H and O–H groups in total. The van der Waals surface area contributed by atoms with Crippen LogP contribution in [0.2, 0.25) is 0 Å². The maximum Gasteiger partial charge on any atom is 0.329 e. The second-order valence-electron chi connectivity index (χ2n) is 4.44. The van der Waals surface area contributed by atoms with Crippen LogP contribution in [0.1, 0.15) is 32.6 Å². The van der Waals surface area contributed by atoms with Gasteiger partial charge >= 0.3 is 18.0 Å². The molecular formula is C11H18N2O5. The van der Waals surface area contributed by atoms with E-state index in [1.54, 1.807) is 0 Å². The van der Waals surface area contributed by atoms with Gasteiger partial charge in [-0.1, -0.05) is 12.8 Å². The van der Waals surface area contributed by atoms with Crippen molar-refractivity contribution in [2.45, 2.75) is 44.2 Å². The highest BCUT2D eigenvalue weighted by Gasteiger charge is 2.42. The van der Waals surface area contributed by atoms with Crippen LogP contribution in [0.5, 0.6) is 0 Å². The average molecular weight is 258 g/mol. The predicted molar refractivity (Wildman–Crippen MR) is 62.0 cm³/mol. The number of carbonyl (C=O) groups excluding carboxylic acids is 2. The third-order valence-corrected chi connectivity index (χ3v) is 3.12. The molecule has 0 aromatic rings. The maximum atomic E-state index is 11.6. The van der Waals surface area contributed by atoms with E-state index in [0.717, 1.165) is 12.8 Å². The molecule has 0 heterocycles. The molecule has 0 radical (unpaired) electrons. The van der Waals surface area contributed by atoms with Crippen LogP contribution in [-0.2, 0) is 14.3 Å². The number of urea groups is 1. The van der Waals surface area contributed by atoms with E-state index in [1.165, 1.54) is 14.0 Å². The highest BCUT2D eigenvalue weighted by atomic mass is 16.5. The summed E-state index contributed by atoms with van der Waals surface area (Å²) >= 11 is 0. The summed E-state index contributed by atoms with van der Waals surface area (Å²) in [5.41, 5.74) is -1.21. The van der Waals surface area contributed by atoms with Gasteiger partial charge in [-0.25, -0.2) is 14.4 Å². The van der Waals surface area contributed by atoms with Crippen LogP contribution in [0.25, 0.3) is 0 Å². The van der Waals surface area contributed by atoms with Crippen LogP contribution >= 0.6 is 0 Å². The van der Waals surface area contributed by atoms with Crippen LogP contribution in [-0.4, -0.2) is 41.8 Å². The second-order valence-corrected chi connectivity index (χ2v) is 4.44. The Hall–Kier alpha value is -1.79. The molecule has 1 aliphatic rings. The molecule has 0 bridgehead atoms. The molecule has 1 saturated carbocycles. The number of carbonyl (C=O) groups is 3. The Morgan fingerprint density at radius 1 is 1.28 bits per heavy atom. The summed E-state index contributed by atoms with van der Waals surface area (Å²) in [6.07, 6.45) is 2.34. The number of methoxy groups -OCH3 is 1. The fourth-order valence-electron chi connectivity index (χ4n) is 2.06. The van der Waals surface area contributed by atoms with Crippen molar-refractivity contribution in [3.05, 3.63) is 0 Å². The lowest BCUT2D eigenvalue weighted by molar-refractivity contribution is -0.144. The van der Waals surface area contributed by atoms with Gasteiger partial charge in [0, 0.05) is 0 Å². The first-order chi connectivity index (χ1) is 8.41. The Labute approximate surface area is 105 Å². The molecule has 1 unspecified atom stereocenters. The van der Waals surface area contributed by atoms with Crippen LogP contribution in [0.15, 0.2) is 0 Å². The van der Waals surface area contributed by atoms with E-state index in [4.69, 9.17) is 5.11 Å². The number of nitrogens with one attached hydrogen (secondary N) is 2. The predicted octanol–water partition coefficient (Wildman–Crippen LogP) is 0.244. The number of esters is 1. The summed E-state index contributed by atoms with van der Waals surface area (Å²) in [5, 5.41) is 14.0. The number of ether oxygens (including phenoxy) is 1. The average Bonchev–Trinajstić information content (AvgIpc) is 2.77. The van der Waals surface area contributed by atoms with Crippen LogP contribution in [0, 0.1) is 0 Å². The van der Waals surface area contributed by atoms with Gasteiger partial charge in [-0.2, -0.15) is 0 Å². The van der Waals surface area contributed by atoms with E-state index in [0.29, 0.717) is 12.8 Å². The van der Waals surface area contributed by atoms with Crippen molar-refractivity contribution in [3.8, 4) is 0 Å². The zero-order valence-electron chi connectivity index (χ0n) is 10.5. The Morgan fingerprint density at radius 3 is 2.28 bits per heavy atom. The third kappa shape index (κ3) is 3.12. The van der Waals surface area contributed by atoms with Gasteiger partial charge < -0.3 is 20.5 Å². The van der Waals surface area contributed by atoms with E-state index >= 15 is 0 Å². The first-order valence-electron chi connectivity index (χ1n) is 5.81. The number of carboxylic acids is 1. The Kier molecular flexibility index (Phi) is 4.52. The lowest BCUT2D eigenvalue weighted by atomic mass is 9.98. The first kappa shape index (κ1) is 14.3. The zero-order valence-corrected chi connectivity index (χ0v) is 10.5. The highest BCUT2D eigenvalue weighted by molar-refractivity contribution is 5.88. The number of amides is 2. The molecule has 0 aliphatic heterocycles. The molecule has 18 heavy (non-hydrogen) atoms. The lowest BCUT2D eigenvalue weighted by Crippen LogP contribution is -2.57. The third-order valence-electron chi connectivity index (χ3n) is 3.12. The van der Waals surface area contributed by atoms with Crippen molar-refractivity contribution >= 4 is 18.0 Å². The number of hydrogen-bond acceptors (Lipinski definition) is 4. The van der Waals surface area contributed by atoms with Gasteiger partial charge in [0.1, 0.15) is 11.6 Å². The number of hydrogen-bond donors (Lipinski definition) is 3. The minimum atomic E-state index is -1.21. The van der Waals surface area contributed by atoms with Crippen LogP contribution in [0.3, 0.4) is 0 Å². The Bertz CT molecular complexity index is 349. The van der Waals surface area contributed by atoms with E-state index in [2.05, 4.69) is 15.4 Å². The first-order valence-corrected chi connectivity index (χ1v) is 5.81. The lowest BCUT2D eigenvalue weighted by Gasteiger charge is -2.26. The van der Waals surface area contributed by atoms with Crippen molar-refractivity contribution in [1.82, 2.24) is 10.6 Å². The van der Waals surface area contributed by atoms with E-state index in [1.807, 2.05) is 0 Å². The topological polar surface area (TPSA) is 105 Å². The zero-order chi connectivity index (χ0) is 13.8. The molecule has 1 fully saturated rings. The fraction of sp³-hybridized carbons (Fsp3) is 0.727. The summed E-state index contributed by atoms with van der Waals surface area (Å²) in [7, 11) is 1.22. The van der Waals surface area contributed by atoms with Gasteiger partial charge in [-0.3, -0.25) is 0 Å². The molecule has 102 valence electrons. The molecule has 0 saturated heterocycles. The standard InChI is InChI=1S/C11H18N2O5/c1-7(8(14)18-2)12-10(17)13-11(9(15)16)5-3-4-6-11/h7H,3-6H2,1-2H3,(H,15,16)(H2,12,13,17). The molecule has 2 amide bonds. The number of carboxylic acid groups (broad SMARTS) is 1. The minimum absolute atomic E-state index is 0.405. The molecule has 7 nitrogen and oxygen atoms in total. The Balaban J connectivity index is 2.58. The van der Waals surface area contributed by atoms with Crippen molar-refractivity contribution in [1.29, 1.82) is 0 Å². The summed E-state index contributed by atoms with van der Waals surface area (Å²) < 4.78 is 4.46. The molecule has 0 aromatic carbocycles. The summed E-state index contributed by atoms with van der Waals surface area (Å²) in [6.45, 7) is 1.47. The fourth-order valence-corrected chi connectivity index (χ4v) is 2.06. The molecule has 0 aromatic heterocycles.